The maximum absolute atomic E-state index is 13.1. The van der Waals surface area contributed by atoms with Crippen molar-refractivity contribution in [3.63, 3.8) is 0 Å². The Labute approximate surface area is 167 Å². The standard InChI is InChI=1S/C19H22FN3O3S2/c1-13-17(27-18(21-13)14-2-4-15(20)5-3-14)19(24)23-9-7-22(8-10-23)16-6-11-28(25,26)12-16/h2-5,16H,6-12H2,1H3. The molecule has 150 valence electrons. The molecule has 2 aromatic rings. The highest BCUT2D eigenvalue weighted by molar-refractivity contribution is 7.91. The summed E-state index contributed by atoms with van der Waals surface area (Å²) >= 11 is 1.33. The van der Waals surface area contributed by atoms with Crippen molar-refractivity contribution >= 4 is 27.1 Å². The van der Waals surface area contributed by atoms with Gasteiger partial charge in [0.05, 0.1) is 17.2 Å². The van der Waals surface area contributed by atoms with Gasteiger partial charge in [-0.25, -0.2) is 17.8 Å². The van der Waals surface area contributed by atoms with Gasteiger partial charge in [0.25, 0.3) is 5.91 Å². The van der Waals surface area contributed by atoms with Gasteiger partial charge < -0.3 is 4.90 Å². The lowest BCUT2D eigenvalue weighted by Gasteiger charge is -2.37. The fourth-order valence-corrected chi connectivity index (χ4v) is 6.61. The van der Waals surface area contributed by atoms with E-state index in [1.54, 1.807) is 12.1 Å². The molecule has 1 amide bonds. The molecule has 2 fully saturated rings. The second-order valence-corrected chi connectivity index (χ2v) is 10.6. The van der Waals surface area contributed by atoms with Gasteiger partial charge >= 0.3 is 0 Å². The van der Waals surface area contributed by atoms with Crippen LogP contribution in [0.25, 0.3) is 10.6 Å². The van der Waals surface area contributed by atoms with Gasteiger partial charge in [-0.3, -0.25) is 9.69 Å². The number of amides is 1. The quantitative estimate of drug-likeness (QED) is 0.757. The van der Waals surface area contributed by atoms with Gasteiger partial charge in [-0.05, 0) is 37.6 Å². The van der Waals surface area contributed by atoms with Crippen molar-refractivity contribution in [2.45, 2.75) is 19.4 Å². The van der Waals surface area contributed by atoms with Crippen molar-refractivity contribution in [3.8, 4) is 10.6 Å². The van der Waals surface area contributed by atoms with Crippen LogP contribution in [-0.2, 0) is 9.84 Å². The zero-order valence-electron chi connectivity index (χ0n) is 15.6. The predicted octanol–water partition coefficient (Wildman–Crippen LogP) is 2.20. The van der Waals surface area contributed by atoms with Gasteiger partial charge in [-0.15, -0.1) is 11.3 Å². The van der Waals surface area contributed by atoms with Gasteiger partial charge in [0.1, 0.15) is 15.7 Å². The van der Waals surface area contributed by atoms with E-state index in [9.17, 15) is 17.6 Å². The van der Waals surface area contributed by atoms with E-state index in [2.05, 4.69) is 9.88 Å². The maximum atomic E-state index is 13.1. The van der Waals surface area contributed by atoms with Crippen LogP contribution >= 0.6 is 11.3 Å². The molecule has 2 saturated heterocycles. The minimum Gasteiger partial charge on any atom is -0.335 e. The number of hydrogen-bond donors (Lipinski definition) is 0. The first kappa shape index (κ1) is 19.5. The van der Waals surface area contributed by atoms with Crippen LogP contribution in [0.3, 0.4) is 0 Å². The Hall–Kier alpha value is -1.84. The van der Waals surface area contributed by atoms with Crippen LogP contribution in [-0.4, -0.2) is 72.8 Å². The molecule has 0 aliphatic carbocycles. The van der Waals surface area contributed by atoms with Crippen LogP contribution in [0.5, 0.6) is 0 Å². The van der Waals surface area contributed by atoms with Gasteiger partial charge in [0.15, 0.2) is 9.84 Å². The monoisotopic (exact) mass is 423 g/mol. The smallest absolute Gasteiger partial charge is 0.265 e. The molecule has 6 nitrogen and oxygen atoms in total. The summed E-state index contributed by atoms with van der Waals surface area (Å²) in [6.07, 6.45) is 0.686. The first-order valence-corrected chi connectivity index (χ1v) is 11.9. The number of aromatic nitrogens is 1. The summed E-state index contributed by atoms with van der Waals surface area (Å²) in [7, 11) is -2.90. The van der Waals surface area contributed by atoms with Crippen LogP contribution in [0, 0.1) is 12.7 Å². The van der Waals surface area contributed by atoms with Gasteiger partial charge in [0, 0.05) is 37.8 Å². The normalized spacial score (nSPS) is 22.5. The first-order valence-electron chi connectivity index (χ1n) is 9.29. The molecular weight excluding hydrogens is 401 g/mol. The SMILES string of the molecule is Cc1nc(-c2ccc(F)cc2)sc1C(=O)N1CCN(C2CCS(=O)(=O)C2)CC1. The van der Waals surface area contributed by atoms with Crippen LogP contribution in [0.15, 0.2) is 24.3 Å². The summed E-state index contributed by atoms with van der Waals surface area (Å²) in [5, 5.41) is 0.704. The molecule has 0 bridgehead atoms. The van der Waals surface area contributed by atoms with E-state index in [-0.39, 0.29) is 29.3 Å². The van der Waals surface area contributed by atoms with Crippen molar-refractivity contribution < 1.29 is 17.6 Å². The average molecular weight is 424 g/mol. The Kier molecular flexibility index (Phi) is 5.24. The summed E-state index contributed by atoms with van der Waals surface area (Å²) < 4.78 is 36.5. The Morgan fingerprint density at radius 2 is 1.86 bits per heavy atom. The summed E-state index contributed by atoms with van der Waals surface area (Å²) in [6, 6.07) is 6.18. The number of halogens is 1. The number of piperazine rings is 1. The third kappa shape index (κ3) is 3.97. The topological polar surface area (TPSA) is 70.6 Å². The van der Waals surface area contributed by atoms with Crippen molar-refractivity contribution in [2.24, 2.45) is 0 Å². The number of nitrogens with zero attached hydrogens (tertiary/aromatic N) is 3. The largest absolute Gasteiger partial charge is 0.335 e. The molecule has 0 radical (unpaired) electrons. The summed E-state index contributed by atoms with van der Waals surface area (Å²) in [5.41, 5.74) is 1.47. The zero-order chi connectivity index (χ0) is 19.9. The van der Waals surface area contributed by atoms with Gasteiger partial charge in [-0.1, -0.05) is 0 Å². The minimum absolute atomic E-state index is 0.0398. The third-order valence-electron chi connectivity index (χ3n) is 5.41. The molecule has 1 aromatic carbocycles. The van der Waals surface area contributed by atoms with E-state index in [0.717, 1.165) is 5.56 Å². The van der Waals surface area contributed by atoms with E-state index in [1.807, 2.05) is 11.8 Å². The number of aryl methyl sites for hydroxylation is 1. The second-order valence-electron chi connectivity index (χ2n) is 7.33. The van der Waals surface area contributed by atoms with Crippen LogP contribution in [0.1, 0.15) is 21.8 Å². The van der Waals surface area contributed by atoms with E-state index in [1.165, 1.54) is 23.5 Å². The van der Waals surface area contributed by atoms with Crippen molar-refractivity contribution in [3.05, 3.63) is 40.7 Å². The highest BCUT2D eigenvalue weighted by Gasteiger charge is 2.35. The molecule has 9 heteroatoms. The van der Waals surface area contributed by atoms with E-state index in [0.29, 0.717) is 48.2 Å². The number of hydrogen-bond acceptors (Lipinski definition) is 6. The van der Waals surface area contributed by atoms with E-state index in [4.69, 9.17) is 0 Å². The molecule has 0 spiro atoms. The summed E-state index contributed by atoms with van der Waals surface area (Å²) in [6.45, 7) is 4.36. The molecular formula is C19H22FN3O3S2. The van der Waals surface area contributed by atoms with Crippen molar-refractivity contribution in [1.29, 1.82) is 0 Å². The number of sulfone groups is 1. The Bertz CT molecular complexity index is 980. The molecule has 1 unspecified atom stereocenters. The molecule has 4 rings (SSSR count). The Morgan fingerprint density at radius 1 is 1.18 bits per heavy atom. The van der Waals surface area contributed by atoms with Crippen molar-refractivity contribution in [1.82, 2.24) is 14.8 Å². The molecule has 1 atom stereocenters. The molecule has 2 aliphatic rings. The number of thiazole rings is 1. The lowest BCUT2D eigenvalue weighted by molar-refractivity contribution is 0.0591. The Morgan fingerprint density at radius 3 is 2.46 bits per heavy atom. The highest BCUT2D eigenvalue weighted by atomic mass is 32.2. The lowest BCUT2D eigenvalue weighted by atomic mass is 10.2. The number of rotatable bonds is 3. The van der Waals surface area contributed by atoms with E-state index < -0.39 is 9.84 Å². The number of carbonyl (C=O) groups is 1. The average Bonchev–Trinajstić information content (AvgIpc) is 3.24. The molecule has 0 saturated carbocycles. The third-order valence-corrected chi connectivity index (χ3v) is 8.35. The lowest BCUT2D eigenvalue weighted by Crippen LogP contribution is -2.52. The maximum Gasteiger partial charge on any atom is 0.265 e. The molecule has 28 heavy (non-hydrogen) atoms. The van der Waals surface area contributed by atoms with E-state index >= 15 is 0 Å². The summed E-state index contributed by atoms with van der Waals surface area (Å²) in [5.74, 6) is 0.155. The van der Waals surface area contributed by atoms with Crippen molar-refractivity contribution in [2.75, 3.05) is 37.7 Å². The zero-order valence-corrected chi connectivity index (χ0v) is 17.2. The number of carbonyl (C=O) groups excluding carboxylic acids is 1. The minimum atomic E-state index is -2.90. The van der Waals surface area contributed by atoms with Gasteiger partial charge in [-0.2, -0.15) is 0 Å². The molecule has 0 N–H and O–H groups in total. The summed E-state index contributed by atoms with van der Waals surface area (Å²) in [4.78, 5) is 22.1. The molecule has 2 aliphatic heterocycles. The number of benzene rings is 1. The van der Waals surface area contributed by atoms with Crippen LogP contribution in [0.2, 0.25) is 0 Å². The fraction of sp³-hybridized carbons (Fsp3) is 0.474. The highest BCUT2D eigenvalue weighted by Crippen LogP contribution is 2.29. The van der Waals surface area contributed by atoms with Gasteiger partial charge in [0.2, 0.25) is 0 Å². The molecule has 1 aromatic heterocycles. The second kappa shape index (κ2) is 7.53. The fourth-order valence-electron chi connectivity index (χ4n) is 3.81. The Balaban J connectivity index is 1.42. The first-order chi connectivity index (χ1) is 13.3. The van der Waals surface area contributed by atoms with Crippen LogP contribution in [0.4, 0.5) is 4.39 Å². The van der Waals surface area contributed by atoms with Crippen LogP contribution < -0.4 is 0 Å². The molecule has 3 heterocycles. The predicted molar refractivity (Wildman–Crippen MR) is 107 cm³/mol.